The minimum Gasteiger partial charge on any atom is -0.394 e. The number of halogens is 1. The van der Waals surface area contributed by atoms with Gasteiger partial charge in [-0.3, -0.25) is 4.57 Å². The highest BCUT2D eigenvalue weighted by Gasteiger charge is 2.35. The Morgan fingerprint density at radius 3 is 3.00 bits per heavy atom. The molecule has 0 unspecified atom stereocenters. The average Bonchev–Trinajstić information content (AvgIpc) is 3.00. The van der Waals surface area contributed by atoms with Gasteiger partial charge in [0, 0.05) is 13.5 Å². The van der Waals surface area contributed by atoms with Crippen LogP contribution >= 0.6 is 11.6 Å². The van der Waals surface area contributed by atoms with Gasteiger partial charge >= 0.3 is 0 Å². The Kier molecular flexibility index (Phi) is 3.47. The summed E-state index contributed by atoms with van der Waals surface area (Å²) in [5, 5.41) is 21.9. The van der Waals surface area contributed by atoms with Crippen molar-refractivity contribution in [2.24, 2.45) is 0 Å². The molecule has 8 nitrogen and oxygen atoms in total. The summed E-state index contributed by atoms with van der Waals surface area (Å²) in [4.78, 5) is 12.4. The first-order valence-electron chi connectivity index (χ1n) is 6.16. The van der Waals surface area contributed by atoms with Crippen LogP contribution in [0.3, 0.4) is 0 Å². The molecule has 0 aliphatic carbocycles. The fourth-order valence-corrected chi connectivity index (χ4v) is 2.49. The maximum Gasteiger partial charge on any atom is 0.226 e. The summed E-state index contributed by atoms with van der Waals surface area (Å²) in [5.74, 6) is 0.524. The molecule has 3 N–H and O–H groups in total. The Balaban J connectivity index is 2.03. The number of aliphatic hydroxyl groups excluding tert-OH is 2. The fraction of sp³-hybridized carbons (Fsp3) is 0.545. The molecule has 0 aromatic carbocycles. The minimum absolute atomic E-state index is 0.0980. The van der Waals surface area contributed by atoms with E-state index in [0.29, 0.717) is 23.4 Å². The molecular weight excluding hydrogens is 286 g/mol. The van der Waals surface area contributed by atoms with Crippen LogP contribution < -0.4 is 5.32 Å². The topological polar surface area (TPSA) is 105 Å². The van der Waals surface area contributed by atoms with Gasteiger partial charge in [-0.25, -0.2) is 4.98 Å². The lowest BCUT2D eigenvalue weighted by atomic mass is 10.2. The van der Waals surface area contributed by atoms with E-state index in [4.69, 9.17) is 21.4 Å². The summed E-state index contributed by atoms with van der Waals surface area (Å²) in [5.41, 5.74) is 1.09. The van der Waals surface area contributed by atoms with Crippen LogP contribution in [0.1, 0.15) is 12.6 Å². The predicted octanol–water partition coefficient (Wildman–Crippen LogP) is 0.162. The molecule has 1 fully saturated rings. The zero-order chi connectivity index (χ0) is 14.3. The van der Waals surface area contributed by atoms with E-state index in [1.165, 1.54) is 0 Å². The molecule has 1 aliphatic rings. The average molecular weight is 300 g/mol. The van der Waals surface area contributed by atoms with Crippen LogP contribution in [0.2, 0.25) is 5.28 Å². The van der Waals surface area contributed by atoms with E-state index in [1.807, 2.05) is 0 Å². The van der Waals surface area contributed by atoms with E-state index in [9.17, 15) is 5.11 Å². The Hall–Kier alpha value is -1.48. The second-order valence-electron chi connectivity index (χ2n) is 4.53. The summed E-state index contributed by atoms with van der Waals surface area (Å²) in [6.45, 7) is -0.234. The summed E-state index contributed by atoms with van der Waals surface area (Å²) in [6.07, 6.45) is 0.158. The second kappa shape index (κ2) is 5.13. The van der Waals surface area contributed by atoms with Crippen LogP contribution in [-0.2, 0) is 4.74 Å². The van der Waals surface area contributed by atoms with E-state index < -0.39 is 18.4 Å². The SMILES string of the molecule is CNc1nc(Cl)nc2c1ncn2[C@@H]1C[C@@H](O)[C@H](CO)O1. The van der Waals surface area contributed by atoms with Crippen molar-refractivity contribution in [1.82, 2.24) is 19.5 Å². The second-order valence-corrected chi connectivity index (χ2v) is 4.87. The Morgan fingerprint density at radius 1 is 1.55 bits per heavy atom. The fourth-order valence-electron chi connectivity index (χ4n) is 2.33. The first-order valence-corrected chi connectivity index (χ1v) is 6.54. The number of aromatic nitrogens is 4. The van der Waals surface area contributed by atoms with Crippen molar-refractivity contribution in [1.29, 1.82) is 0 Å². The highest BCUT2D eigenvalue weighted by Crippen LogP contribution is 2.32. The largest absolute Gasteiger partial charge is 0.394 e. The van der Waals surface area contributed by atoms with Crippen molar-refractivity contribution in [3.63, 3.8) is 0 Å². The molecule has 2 aromatic rings. The lowest BCUT2D eigenvalue weighted by molar-refractivity contribution is -0.0432. The highest BCUT2D eigenvalue weighted by atomic mass is 35.5. The van der Waals surface area contributed by atoms with Gasteiger partial charge in [-0.05, 0) is 11.6 Å². The highest BCUT2D eigenvalue weighted by molar-refractivity contribution is 6.28. The van der Waals surface area contributed by atoms with Gasteiger partial charge in [0.1, 0.15) is 12.3 Å². The number of imidazole rings is 1. The van der Waals surface area contributed by atoms with Crippen molar-refractivity contribution >= 4 is 28.6 Å². The first-order chi connectivity index (χ1) is 9.63. The molecule has 0 bridgehead atoms. The van der Waals surface area contributed by atoms with E-state index in [0.717, 1.165) is 0 Å². The molecule has 3 rings (SSSR count). The maximum atomic E-state index is 9.80. The van der Waals surface area contributed by atoms with Gasteiger partial charge in [0.2, 0.25) is 5.28 Å². The van der Waals surface area contributed by atoms with Crippen molar-refractivity contribution < 1.29 is 14.9 Å². The summed E-state index contributed by atoms with van der Waals surface area (Å²) in [6, 6.07) is 0. The van der Waals surface area contributed by atoms with E-state index in [1.54, 1.807) is 17.9 Å². The molecule has 3 heterocycles. The molecule has 20 heavy (non-hydrogen) atoms. The van der Waals surface area contributed by atoms with Gasteiger partial charge in [0.05, 0.1) is 19.0 Å². The van der Waals surface area contributed by atoms with Gasteiger partial charge in [-0.1, -0.05) is 0 Å². The van der Waals surface area contributed by atoms with Gasteiger partial charge in [0.25, 0.3) is 0 Å². The number of hydrogen-bond donors (Lipinski definition) is 3. The molecule has 1 aliphatic heterocycles. The van der Waals surface area contributed by atoms with Gasteiger partial charge < -0.3 is 20.3 Å². The molecule has 0 saturated carbocycles. The van der Waals surface area contributed by atoms with Gasteiger partial charge in [-0.2, -0.15) is 9.97 Å². The lowest BCUT2D eigenvalue weighted by Gasteiger charge is -2.13. The molecule has 0 spiro atoms. The number of ether oxygens (including phenoxy) is 1. The van der Waals surface area contributed by atoms with Crippen LogP contribution in [0, 0.1) is 0 Å². The summed E-state index contributed by atoms with van der Waals surface area (Å²) < 4.78 is 7.27. The quantitative estimate of drug-likeness (QED) is 0.693. The molecule has 1 saturated heterocycles. The Labute approximate surface area is 119 Å². The maximum absolute atomic E-state index is 9.80. The minimum atomic E-state index is -0.719. The Morgan fingerprint density at radius 2 is 2.35 bits per heavy atom. The van der Waals surface area contributed by atoms with E-state index >= 15 is 0 Å². The zero-order valence-electron chi connectivity index (χ0n) is 10.7. The van der Waals surface area contributed by atoms with Gasteiger partial charge in [0.15, 0.2) is 17.0 Å². The molecule has 2 aromatic heterocycles. The smallest absolute Gasteiger partial charge is 0.226 e. The lowest BCUT2D eigenvalue weighted by Crippen LogP contribution is -2.24. The van der Waals surface area contributed by atoms with Crippen molar-refractivity contribution in [3.8, 4) is 0 Å². The van der Waals surface area contributed by atoms with Gasteiger partial charge in [-0.15, -0.1) is 0 Å². The monoisotopic (exact) mass is 299 g/mol. The van der Waals surface area contributed by atoms with E-state index in [2.05, 4.69) is 20.3 Å². The van der Waals surface area contributed by atoms with Crippen LogP contribution in [0.25, 0.3) is 11.2 Å². The Bertz CT molecular complexity index is 634. The number of aliphatic hydroxyl groups is 2. The zero-order valence-corrected chi connectivity index (χ0v) is 11.4. The molecule has 108 valence electrons. The van der Waals surface area contributed by atoms with E-state index in [-0.39, 0.29) is 11.9 Å². The van der Waals surface area contributed by atoms with Crippen molar-refractivity contribution in [3.05, 3.63) is 11.6 Å². The molecule has 0 amide bonds. The molecule has 0 radical (unpaired) electrons. The normalized spacial score (nSPS) is 26.3. The van der Waals surface area contributed by atoms with Crippen molar-refractivity contribution in [2.75, 3.05) is 19.0 Å². The van der Waals surface area contributed by atoms with Crippen LogP contribution in [0.4, 0.5) is 5.82 Å². The van der Waals surface area contributed by atoms with Crippen molar-refractivity contribution in [2.45, 2.75) is 24.9 Å². The standard InChI is InChI=1S/C11H14ClN5O3/c1-13-9-8-10(16-11(12)15-9)17(4-14-8)7-2-5(19)6(3-18)20-7/h4-7,18-19H,2-3H2,1H3,(H,13,15,16)/t5-,6+,7+/m1/s1. The van der Waals surface area contributed by atoms with Crippen LogP contribution in [0.15, 0.2) is 6.33 Å². The number of hydrogen-bond acceptors (Lipinski definition) is 7. The first kappa shape index (κ1) is 13.5. The number of anilines is 1. The van der Waals surface area contributed by atoms with Crippen LogP contribution in [0.5, 0.6) is 0 Å². The number of fused-ring (bicyclic) bond motifs is 1. The van der Waals surface area contributed by atoms with Crippen LogP contribution in [-0.4, -0.2) is 55.6 Å². The summed E-state index contributed by atoms with van der Waals surface area (Å²) >= 11 is 5.89. The molecular formula is C11H14ClN5O3. The number of rotatable bonds is 3. The number of nitrogens with zero attached hydrogens (tertiary/aromatic N) is 4. The number of nitrogens with one attached hydrogen (secondary N) is 1. The predicted molar refractivity (Wildman–Crippen MR) is 71.5 cm³/mol. The summed E-state index contributed by atoms with van der Waals surface area (Å²) in [7, 11) is 1.72. The third-order valence-corrected chi connectivity index (χ3v) is 3.49. The third-order valence-electron chi connectivity index (χ3n) is 3.33. The molecule has 9 heteroatoms. The molecule has 3 atom stereocenters. The third kappa shape index (κ3) is 2.10.